The van der Waals surface area contributed by atoms with Crippen LogP contribution in [-0.4, -0.2) is 37.7 Å². The van der Waals surface area contributed by atoms with Crippen LogP contribution in [-0.2, 0) is 16.7 Å². The van der Waals surface area contributed by atoms with Crippen LogP contribution in [0.15, 0.2) is 34.6 Å². The van der Waals surface area contributed by atoms with Gasteiger partial charge in [0, 0.05) is 37.6 Å². The molecule has 1 aromatic heterocycles. The Kier molecular flexibility index (Phi) is 7.08. The summed E-state index contributed by atoms with van der Waals surface area (Å²) < 4.78 is 5.67. The fraction of sp³-hybridized carbons (Fsp3) is 0.545. The van der Waals surface area contributed by atoms with E-state index in [-0.39, 0.29) is 5.41 Å². The molecule has 0 amide bonds. The van der Waals surface area contributed by atoms with Crippen LogP contribution < -0.4 is 10.6 Å². The number of guanidine groups is 1. The van der Waals surface area contributed by atoms with E-state index in [1.54, 1.807) is 11.3 Å². The summed E-state index contributed by atoms with van der Waals surface area (Å²) in [5.74, 6) is 1.28. The second kappa shape index (κ2) is 9.52. The van der Waals surface area contributed by atoms with Gasteiger partial charge in [-0.2, -0.15) is 0 Å². The lowest BCUT2D eigenvalue weighted by molar-refractivity contribution is 0.0512. The Morgan fingerprint density at radius 2 is 2.00 bits per heavy atom. The van der Waals surface area contributed by atoms with Crippen molar-refractivity contribution in [3.63, 3.8) is 0 Å². The predicted octanol–water partition coefficient (Wildman–Crippen LogP) is 3.99. The molecule has 5 nitrogen and oxygen atoms in total. The quantitative estimate of drug-likeness (QED) is 0.569. The zero-order chi connectivity index (χ0) is 20.0. The zero-order valence-corrected chi connectivity index (χ0v) is 18.2. The molecular formula is C22H32N4OS. The fourth-order valence-electron chi connectivity index (χ4n) is 3.78. The van der Waals surface area contributed by atoms with Crippen molar-refractivity contribution in [3.05, 3.63) is 51.5 Å². The van der Waals surface area contributed by atoms with Crippen LogP contribution in [0.5, 0.6) is 0 Å². The molecule has 0 aliphatic carbocycles. The maximum atomic E-state index is 5.67. The molecule has 2 aromatic rings. The minimum Gasteiger partial charge on any atom is -0.381 e. The van der Waals surface area contributed by atoms with E-state index in [1.807, 2.05) is 7.05 Å². The highest BCUT2D eigenvalue weighted by Crippen LogP contribution is 2.36. The molecule has 0 bridgehead atoms. The standard InChI is InChI=1S/C22H32N4OS/c1-16(2)19-14-28-20(26-19)13-24-21(23-4)25-15-22(9-11-27-12-10-22)18-8-6-5-7-17(18)3/h5-8,14,16H,9-13,15H2,1-4H3,(H2,23,24,25). The van der Waals surface area contributed by atoms with Crippen molar-refractivity contribution in [2.45, 2.75) is 51.5 Å². The third-order valence-electron chi connectivity index (χ3n) is 5.55. The van der Waals surface area contributed by atoms with E-state index in [1.165, 1.54) is 11.1 Å². The van der Waals surface area contributed by atoms with Crippen LogP contribution in [0.3, 0.4) is 0 Å². The molecule has 1 aliphatic rings. The van der Waals surface area contributed by atoms with Crippen molar-refractivity contribution in [1.82, 2.24) is 15.6 Å². The Hall–Kier alpha value is -1.92. The van der Waals surface area contributed by atoms with Gasteiger partial charge in [-0.3, -0.25) is 4.99 Å². The molecule has 0 spiro atoms. The molecule has 0 saturated carbocycles. The van der Waals surface area contributed by atoms with Crippen LogP contribution >= 0.6 is 11.3 Å². The van der Waals surface area contributed by atoms with E-state index in [0.29, 0.717) is 12.5 Å². The van der Waals surface area contributed by atoms with Crippen LogP contribution in [0.4, 0.5) is 0 Å². The first kappa shape index (κ1) is 20.8. The molecule has 1 aromatic carbocycles. The first-order chi connectivity index (χ1) is 13.5. The molecule has 2 heterocycles. The lowest BCUT2D eigenvalue weighted by Crippen LogP contribution is -2.48. The minimum atomic E-state index is 0.0766. The van der Waals surface area contributed by atoms with Gasteiger partial charge in [0.05, 0.1) is 12.2 Å². The van der Waals surface area contributed by atoms with Gasteiger partial charge >= 0.3 is 0 Å². The fourth-order valence-corrected chi connectivity index (χ4v) is 4.67. The largest absolute Gasteiger partial charge is 0.381 e. The first-order valence-electron chi connectivity index (χ1n) is 10.1. The van der Waals surface area contributed by atoms with Crippen molar-refractivity contribution in [3.8, 4) is 0 Å². The SMILES string of the molecule is CN=C(NCc1nc(C(C)C)cs1)NCC1(c2ccccc2C)CCOCC1. The Morgan fingerprint density at radius 3 is 2.64 bits per heavy atom. The number of aromatic nitrogens is 1. The average Bonchev–Trinajstić information content (AvgIpc) is 3.18. The summed E-state index contributed by atoms with van der Waals surface area (Å²) in [6.45, 7) is 9.69. The predicted molar refractivity (Wildman–Crippen MR) is 117 cm³/mol. The lowest BCUT2D eigenvalue weighted by Gasteiger charge is -2.39. The van der Waals surface area contributed by atoms with E-state index in [2.05, 4.69) is 66.0 Å². The number of hydrogen-bond acceptors (Lipinski definition) is 4. The van der Waals surface area contributed by atoms with Crippen molar-refractivity contribution >= 4 is 17.3 Å². The molecule has 0 radical (unpaired) electrons. The highest BCUT2D eigenvalue weighted by atomic mass is 32.1. The summed E-state index contributed by atoms with van der Waals surface area (Å²) >= 11 is 1.70. The summed E-state index contributed by atoms with van der Waals surface area (Å²) in [5.41, 5.74) is 4.00. The number of ether oxygens (including phenoxy) is 1. The van der Waals surface area contributed by atoms with Crippen LogP contribution in [0.2, 0.25) is 0 Å². The summed E-state index contributed by atoms with van der Waals surface area (Å²) in [4.78, 5) is 9.11. The average molecular weight is 401 g/mol. The van der Waals surface area contributed by atoms with E-state index >= 15 is 0 Å². The number of nitrogens with zero attached hydrogens (tertiary/aromatic N) is 2. The summed E-state index contributed by atoms with van der Waals surface area (Å²) in [6.07, 6.45) is 2.04. The molecule has 2 N–H and O–H groups in total. The van der Waals surface area contributed by atoms with E-state index in [0.717, 1.165) is 49.3 Å². The number of nitrogens with one attached hydrogen (secondary N) is 2. The Bertz CT molecular complexity index is 793. The Morgan fingerprint density at radius 1 is 1.25 bits per heavy atom. The molecule has 1 saturated heterocycles. The summed E-state index contributed by atoms with van der Waals surface area (Å²) in [6, 6.07) is 8.72. The van der Waals surface area contributed by atoms with Gasteiger partial charge in [-0.25, -0.2) is 4.98 Å². The van der Waals surface area contributed by atoms with Gasteiger partial charge in [-0.15, -0.1) is 11.3 Å². The van der Waals surface area contributed by atoms with Crippen molar-refractivity contribution in [2.75, 3.05) is 26.8 Å². The number of benzene rings is 1. The topological polar surface area (TPSA) is 58.5 Å². The molecule has 6 heteroatoms. The molecule has 0 atom stereocenters. The monoisotopic (exact) mass is 400 g/mol. The van der Waals surface area contributed by atoms with E-state index < -0.39 is 0 Å². The Balaban J connectivity index is 1.65. The number of aliphatic imine (C=N–C) groups is 1. The van der Waals surface area contributed by atoms with Crippen molar-refractivity contribution < 1.29 is 4.74 Å². The molecular weight excluding hydrogens is 368 g/mol. The first-order valence-corrected chi connectivity index (χ1v) is 10.9. The number of thiazole rings is 1. The normalized spacial score (nSPS) is 17.0. The molecule has 1 fully saturated rings. The number of aryl methyl sites for hydroxylation is 1. The van der Waals surface area contributed by atoms with Gasteiger partial charge in [-0.1, -0.05) is 38.1 Å². The molecule has 152 valence electrons. The number of rotatable bonds is 6. The van der Waals surface area contributed by atoms with Gasteiger partial charge < -0.3 is 15.4 Å². The smallest absolute Gasteiger partial charge is 0.191 e. The third kappa shape index (κ3) is 4.92. The highest BCUT2D eigenvalue weighted by Gasteiger charge is 2.35. The second-order valence-corrected chi connectivity index (χ2v) is 8.75. The van der Waals surface area contributed by atoms with Gasteiger partial charge in [0.15, 0.2) is 5.96 Å². The van der Waals surface area contributed by atoms with E-state index in [9.17, 15) is 0 Å². The van der Waals surface area contributed by atoms with Crippen LogP contribution in [0.25, 0.3) is 0 Å². The zero-order valence-electron chi connectivity index (χ0n) is 17.4. The minimum absolute atomic E-state index is 0.0766. The van der Waals surface area contributed by atoms with Gasteiger partial charge in [0.1, 0.15) is 5.01 Å². The second-order valence-electron chi connectivity index (χ2n) is 7.81. The summed E-state index contributed by atoms with van der Waals surface area (Å²) in [5, 5.41) is 10.2. The van der Waals surface area contributed by atoms with Gasteiger partial charge in [-0.05, 0) is 36.8 Å². The third-order valence-corrected chi connectivity index (χ3v) is 6.42. The molecule has 3 rings (SSSR count). The maximum absolute atomic E-state index is 5.67. The lowest BCUT2D eigenvalue weighted by atomic mass is 9.72. The van der Waals surface area contributed by atoms with E-state index in [4.69, 9.17) is 9.72 Å². The molecule has 1 aliphatic heterocycles. The molecule has 28 heavy (non-hydrogen) atoms. The summed E-state index contributed by atoms with van der Waals surface area (Å²) in [7, 11) is 1.82. The van der Waals surface area contributed by atoms with Crippen LogP contribution in [0.1, 0.15) is 54.4 Å². The van der Waals surface area contributed by atoms with Crippen LogP contribution in [0, 0.1) is 6.92 Å². The van der Waals surface area contributed by atoms with Crippen molar-refractivity contribution in [2.24, 2.45) is 4.99 Å². The number of hydrogen-bond donors (Lipinski definition) is 2. The van der Waals surface area contributed by atoms with Crippen molar-refractivity contribution in [1.29, 1.82) is 0 Å². The highest BCUT2D eigenvalue weighted by molar-refractivity contribution is 7.09. The molecule has 0 unspecified atom stereocenters. The van der Waals surface area contributed by atoms with Gasteiger partial charge in [0.2, 0.25) is 0 Å². The van der Waals surface area contributed by atoms with Gasteiger partial charge in [0.25, 0.3) is 0 Å². The maximum Gasteiger partial charge on any atom is 0.191 e. The Labute approximate surface area is 172 Å².